The Morgan fingerprint density at radius 1 is 1.28 bits per heavy atom. The normalized spacial score (nSPS) is 33.8. The fourth-order valence-corrected chi connectivity index (χ4v) is 3.04. The second kappa shape index (κ2) is 6.10. The van der Waals surface area contributed by atoms with Crippen LogP contribution in [-0.4, -0.2) is 69.4 Å². The van der Waals surface area contributed by atoms with Crippen molar-refractivity contribution in [3.8, 4) is 0 Å². The summed E-state index contributed by atoms with van der Waals surface area (Å²) in [5.74, 6) is 0. The third kappa shape index (κ3) is 2.90. The van der Waals surface area contributed by atoms with E-state index in [1.807, 2.05) is 22.4 Å². The summed E-state index contributed by atoms with van der Waals surface area (Å²) >= 11 is 1.66. The van der Waals surface area contributed by atoms with Crippen molar-refractivity contribution in [1.82, 2.24) is 4.90 Å². The molecule has 1 fully saturated rings. The van der Waals surface area contributed by atoms with Gasteiger partial charge in [-0.25, -0.2) is 0 Å². The molecule has 1 aliphatic rings. The van der Waals surface area contributed by atoms with Gasteiger partial charge in [0.1, 0.15) is 12.2 Å². The van der Waals surface area contributed by atoms with Crippen LogP contribution in [-0.2, 0) is 6.42 Å². The van der Waals surface area contributed by atoms with Crippen LogP contribution in [0.5, 0.6) is 0 Å². The van der Waals surface area contributed by atoms with E-state index in [0.29, 0.717) is 6.54 Å². The number of thiophene rings is 1. The summed E-state index contributed by atoms with van der Waals surface area (Å²) in [7, 11) is 0. The summed E-state index contributed by atoms with van der Waals surface area (Å²) < 4.78 is 0. The minimum Gasteiger partial charge on any atom is -0.395 e. The van der Waals surface area contributed by atoms with Crippen molar-refractivity contribution < 1.29 is 20.4 Å². The first-order chi connectivity index (χ1) is 8.63. The smallest absolute Gasteiger partial charge is 0.109 e. The van der Waals surface area contributed by atoms with Crippen LogP contribution in [0.4, 0.5) is 0 Å². The summed E-state index contributed by atoms with van der Waals surface area (Å²) in [6, 6.07) is 3.50. The Morgan fingerprint density at radius 2 is 2.06 bits per heavy atom. The van der Waals surface area contributed by atoms with Crippen molar-refractivity contribution in [2.75, 3.05) is 19.7 Å². The molecule has 5 nitrogen and oxygen atoms in total. The lowest BCUT2D eigenvalue weighted by atomic mass is 9.94. The van der Waals surface area contributed by atoms with Crippen LogP contribution in [0.1, 0.15) is 4.88 Å². The summed E-state index contributed by atoms with van der Waals surface area (Å²) in [6.07, 6.45) is -2.45. The average molecular weight is 273 g/mol. The first kappa shape index (κ1) is 13.9. The van der Waals surface area contributed by atoms with Crippen LogP contribution >= 0.6 is 11.3 Å². The van der Waals surface area contributed by atoms with Crippen LogP contribution in [0.3, 0.4) is 0 Å². The van der Waals surface area contributed by atoms with E-state index in [-0.39, 0.29) is 13.2 Å². The Balaban J connectivity index is 1.97. The van der Waals surface area contributed by atoms with Gasteiger partial charge in [0.25, 0.3) is 0 Å². The summed E-state index contributed by atoms with van der Waals surface area (Å²) in [5, 5.41) is 40.4. The predicted octanol–water partition coefficient (Wildman–Crippen LogP) is -0.950. The zero-order chi connectivity index (χ0) is 13.1. The van der Waals surface area contributed by atoms with E-state index in [1.165, 1.54) is 4.88 Å². The van der Waals surface area contributed by atoms with Gasteiger partial charge in [0, 0.05) is 18.0 Å². The highest BCUT2D eigenvalue weighted by Gasteiger charge is 2.40. The van der Waals surface area contributed by atoms with Crippen molar-refractivity contribution >= 4 is 11.3 Å². The monoisotopic (exact) mass is 273 g/mol. The number of likely N-dealkylation sites (tertiary alicyclic amines) is 1. The quantitative estimate of drug-likeness (QED) is 0.568. The third-order valence-electron chi connectivity index (χ3n) is 3.44. The van der Waals surface area contributed by atoms with Crippen LogP contribution in [0, 0.1) is 0 Å². The van der Waals surface area contributed by atoms with Gasteiger partial charge in [-0.1, -0.05) is 6.07 Å². The van der Waals surface area contributed by atoms with Gasteiger partial charge >= 0.3 is 0 Å². The minimum absolute atomic E-state index is 0.227. The van der Waals surface area contributed by atoms with Gasteiger partial charge in [0.05, 0.1) is 18.8 Å². The van der Waals surface area contributed by atoms with Crippen molar-refractivity contribution in [2.24, 2.45) is 0 Å². The molecule has 4 unspecified atom stereocenters. The predicted molar refractivity (Wildman–Crippen MR) is 68.5 cm³/mol. The van der Waals surface area contributed by atoms with Crippen molar-refractivity contribution in [2.45, 2.75) is 30.8 Å². The molecule has 2 heterocycles. The minimum atomic E-state index is -1.18. The Labute approximate surface area is 110 Å². The number of nitrogens with zero attached hydrogens (tertiary/aromatic N) is 1. The third-order valence-corrected chi connectivity index (χ3v) is 4.38. The number of aliphatic hydroxyl groups is 4. The maximum Gasteiger partial charge on any atom is 0.109 e. The molecule has 2 rings (SSSR count). The molecule has 0 saturated carbocycles. The molecule has 4 atom stereocenters. The van der Waals surface area contributed by atoms with E-state index < -0.39 is 24.4 Å². The maximum absolute atomic E-state index is 9.83. The van der Waals surface area contributed by atoms with Gasteiger partial charge in [-0.2, -0.15) is 0 Å². The fourth-order valence-electron chi connectivity index (χ4n) is 2.34. The Hall–Kier alpha value is -0.500. The maximum atomic E-state index is 9.83. The molecular weight excluding hydrogens is 254 g/mol. The largest absolute Gasteiger partial charge is 0.395 e. The molecule has 1 aliphatic heterocycles. The molecule has 6 heteroatoms. The molecular formula is C12H19NO4S. The highest BCUT2D eigenvalue weighted by molar-refractivity contribution is 7.09. The van der Waals surface area contributed by atoms with Gasteiger partial charge in [-0.15, -0.1) is 11.3 Å². The molecule has 0 bridgehead atoms. The number of hydrogen-bond donors (Lipinski definition) is 4. The van der Waals surface area contributed by atoms with Crippen molar-refractivity contribution in [3.05, 3.63) is 22.4 Å². The fraction of sp³-hybridized carbons (Fsp3) is 0.667. The summed E-state index contributed by atoms with van der Waals surface area (Å²) in [5.41, 5.74) is 0. The highest BCUT2D eigenvalue weighted by Crippen LogP contribution is 2.20. The van der Waals surface area contributed by atoms with Gasteiger partial charge in [0.15, 0.2) is 0 Å². The molecule has 18 heavy (non-hydrogen) atoms. The van der Waals surface area contributed by atoms with E-state index in [0.717, 1.165) is 6.42 Å². The van der Waals surface area contributed by atoms with E-state index in [9.17, 15) is 20.4 Å². The van der Waals surface area contributed by atoms with E-state index in [1.54, 1.807) is 11.3 Å². The van der Waals surface area contributed by atoms with Crippen molar-refractivity contribution in [1.29, 1.82) is 0 Å². The van der Waals surface area contributed by atoms with E-state index in [2.05, 4.69) is 0 Å². The molecule has 1 aromatic heterocycles. The number of piperidine rings is 1. The Morgan fingerprint density at radius 3 is 2.67 bits per heavy atom. The lowest BCUT2D eigenvalue weighted by Gasteiger charge is -2.43. The molecule has 102 valence electrons. The molecule has 0 radical (unpaired) electrons. The second-order valence-corrected chi connectivity index (χ2v) is 5.65. The van der Waals surface area contributed by atoms with Gasteiger partial charge in [-0.3, -0.25) is 4.90 Å². The second-order valence-electron chi connectivity index (χ2n) is 4.62. The number of hydrogen-bond acceptors (Lipinski definition) is 6. The molecule has 0 aliphatic carbocycles. The Bertz CT molecular complexity index is 359. The van der Waals surface area contributed by atoms with Gasteiger partial charge in [0.2, 0.25) is 0 Å². The van der Waals surface area contributed by atoms with E-state index in [4.69, 9.17) is 0 Å². The molecule has 1 saturated heterocycles. The summed E-state index contributed by atoms with van der Waals surface area (Å²) in [4.78, 5) is 3.06. The van der Waals surface area contributed by atoms with Crippen LogP contribution in [0.25, 0.3) is 0 Å². The zero-order valence-electron chi connectivity index (χ0n) is 10.0. The van der Waals surface area contributed by atoms with Crippen LogP contribution in [0.15, 0.2) is 17.5 Å². The first-order valence-corrected chi connectivity index (χ1v) is 6.93. The first-order valence-electron chi connectivity index (χ1n) is 6.05. The number of aliphatic hydroxyl groups excluding tert-OH is 4. The lowest BCUT2D eigenvalue weighted by molar-refractivity contribution is -0.144. The van der Waals surface area contributed by atoms with Crippen LogP contribution in [0.2, 0.25) is 0 Å². The standard InChI is InChI=1S/C12H19NO4S/c14-7-9-11(16)12(17)10(15)6-13(9)4-3-8-2-1-5-18-8/h1-2,5,9-12,14-17H,3-4,6-7H2. The number of rotatable bonds is 4. The van der Waals surface area contributed by atoms with Gasteiger partial charge in [-0.05, 0) is 17.9 Å². The summed E-state index contributed by atoms with van der Waals surface area (Å²) in [6.45, 7) is 0.691. The van der Waals surface area contributed by atoms with Gasteiger partial charge < -0.3 is 20.4 Å². The van der Waals surface area contributed by atoms with E-state index >= 15 is 0 Å². The zero-order valence-corrected chi connectivity index (χ0v) is 10.8. The van der Waals surface area contributed by atoms with Crippen LogP contribution < -0.4 is 0 Å². The molecule has 4 N–H and O–H groups in total. The molecule has 0 amide bonds. The Kier molecular flexibility index (Phi) is 4.71. The number of β-amino-alcohol motifs (C(OH)–C–C–N with tert-alkyl or cyclic N) is 1. The molecule has 0 spiro atoms. The topological polar surface area (TPSA) is 84.2 Å². The highest BCUT2D eigenvalue weighted by atomic mass is 32.1. The molecule has 0 aromatic carbocycles. The molecule has 1 aromatic rings. The van der Waals surface area contributed by atoms with Crippen molar-refractivity contribution in [3.63, 3.8) is 0 Å². The lowest BCUT2D eigenvalue weighted by Crippen LogP contribution is -2.62. The average Bonchev–Trinajstić information content (AvgIpc) is 2.86. The SMILES string of the molecule is OCC1C(O)C(O)C(O)CN1CCc1cccs1.